The van der Waals surface area contributed by atoms with E-state index in [1.165, 1.54) is 24.3 Å². The molecule has 2 aromatic rings. The third kappa shape index (κ3) is 4.31. The predicted octanol–water partition coefficient (Wildman–Crippen LogP) is 3.19. The van der Waals surface area contributed by atoms with Crippen molar-refractivity contribution in [3.63, 3.8) is 0 Å². The molecule has 2 aliphatic rings. The minimum atomic E-state index is -0.509. The van der Waals surface area contributed by atoms with E-state index in [-0.39, 0.29) is 29.4 Å². The quantitative estimate of drug-likeness (QED) is 0.595. The van der Waals surface area contributed by atoms with E-state index in [0.717, 1.165) is 6.42 Å². The Labute approximate surface area is 168 Å². The van der Waals surface area contributed by atoms with Crippen molar-refractivity contribution in [3.8, 4) is 0 Å². The highest BCUT2D eigenvalue weighted by atomic mass is 19.1. The number of rotatable bonds is 5. The van der Waals surface area contributed by atoms with Gasteiger partial charge >= 0.3 is 0 Å². The van der Waals surface area contributed by atoms with Crippen LogP contribution < -0.4 is 15.5 Å². The molecule has 4 rings (SSSR count). The van der Waals surface area contributed by atoms with Gasteiger partial charge in [0.25, 0.3) is 0 Å². The number of halogens is 3. The molecule has 1 aromatic carbocycles. The zero-order valence-electron chi connectivity index (χ0n) is 16.2. The lowest BCUT2D eigenvalue weighted by Crippen LogP contribution is -2.46. The van der Waals surface area contributed by atoms with Crippen molar-refractivity contribution >= 4 is 11.8 Å². The summed E-state index contributed by atoms with van der Waals surface area (Å²) in [4.78, 5) is 10.5. The van der Waals surface area contributed by atoms with Gasteiger partial charge in [0, 0.05) is 49.4 Å². The van der Waals surface area contributed by atoms with E-state index in [4.69, 9.17) is 0 Å². The van der Waals surface area contributed by atoms with Gasteiger partial charge in [0.1, 0.15) is 11.6 Å². The van der Waals surface area contributed by atoms with Gasteiger partial charge in [-0.25, -0.2) is 18.2 Å². The van der Waals surface area contributed by atoms with Crippen molar-refractivity contribution < 1.29 is 13.2 Å². The van der Waals surface area contributed by atoms with E-state index in [9.17, 15) is 13.2 Å². The summed E-state index contributed by atoms with van der Waals surface area (Å²) in [6.45, 7) is 3.80. The summed E-state index contributed by atoms with van der Waals surface area (Å²) in [5, 5.41) is 6.65. The fraction of sp³-hybridized carbons (Fsp3) is 0.429. The van der Waals surface area contributed by atoms with Gasteiger partial charge in [-0.05, 0) is 44.0 Å². The predicted molar refractivity (Wildman–Crippen MR) is 107 cm³/mol. The molecular weight excluding hydrogens is 379 g/mol. The normalized spacial score (nSPS) is 23.9. The Morgan fingerprint density at radius 1 is 1.14 bits per heavy atom. The number of aromatic nitrogens is 1. The summed E-state index contributed by atoms with van der Waals surface area (Å²) in [6, 6.07) is 6.95. The SMILES string of the molecule is CCN=C(NC1CCN(c2ncccc2F)C1)NC1CC1c1c(F)cccc1F. The summed E-state index contributed by atoms with van der Waals surface area (Å²) < 4.78 is 42.0. The molecule has 2 fully saturated rings. The van der Waals surface area contributed by atoms with Crippen LogP contribution in [0.2, 0.25) is 0 Å². The molecule has 0 radical (unpaired) electrons. The maximum absolute atomic E-state index is 14.0. The Balaban J connectivity index is 1.36. The van der Waals surface area contributed by atoms with Crippen LogP contribution >= 0.6 is 0 Å². The lowest BCUT2D eigenvalue weighted by Gasteiger charge is -2.20. The first-order chi connectivity index (χ1) is 14.1. The molecule has 154 valence electrons. The third-order valence-corrected chi connectivity index (χ3v) is 5.37. The van der Waals surface area contributed by atoms with Crippen LogP contribution in [0.15, 0.2) is 41.5 Å². The van der Waals surface area contributed by atoms with E-state index in [0.29, 0.717) is 37.8 Å². The standard InChI is InChI=1S/C21H24F3N5/c1-2-25-21(28-18-11-14(18)19-15(22)5-3-6-16(19)23)27-13-8-10-29(12-13)20-17(24)7-4-9-26-20/h3-7,9,13-14,18H,2,8,10-12H2,1H3,(H2,25,27,28). The lowest BCUT2D eigenvalue weighted by atomic mass is 10.1. The van der Waals surface area contributed by atoms with Crippen LogP contribution in [0.1, 0.15) is 31.2 Å². The molecule has 8 heteroatoms. The summed E-state index contributed by atoms with van der Waals surface area (Å²) in [6.07, 6.45) is 3.05. The van der Waals surface area contributed by atoms with Crippen LogP contribution in [0.5, 0.6) is 0 Å². The van der Waals surface area contributed by atoms with Crippen molar-refractivity contribution in [2.24, 2.45) is 4.99 Å². The van der Waals surface area contributed by atoms with E-state index < -0.39 is 11.6 Å². The van der Waals surface area contributed by atoms with Crippen molar-refractivity contribution in [1.29, 1.82) is 0 Å². The first-order valence-electron chi connectivity index (χ1n) is 9.93. The molecule has 3 atom stereocenters. The van der Waals surface area contributed by atoms with Gasteiger partial charge in [0.05, 0.1) is 0 Å². The highest BCUT2D eigenvalue weighted by molar-refractivity contribution is 5.81. The van der Waals surface area contributed by atoms with Crippen LogP contribution in [-0.2, 0) is 0 Å². The number of aliphatic imine (C=N–C) groups is 1. The van der Waals surface area contributed by atoms with Crippen LogP contribution in [0, 0.1) is 17.5 Å². The summed E-state index contributed by atoms with van der Waals surface area (Å²) in [5.74, 6) is -0.583. The number of hydrogen-bond donors (Lipinski definition) is 2. The van der Waals surface area contributed by atoms with Gasteiger partial charge in [-0.1, -0.05) is 6.07 Å². The zero-order valence-corrected chi connectivity index (χ0v) is 16.2. The Morgan fingerprint density at radius 2 is 1.90 bits per heavy atom. The number of pyridine rings is 1. The molecule has 29 heavy (non-hydrogen) atoms. The number of nitrogens with zero attached hydrogens (tertiary/aromatic N) is 3. The molecule has 1 aliphatic carbocycles. The molecule has 0 bridgehead atoms. The van der Waals surface area contributed by atoms with E-state index in [2.05, 4.69) is 20.6 Å². The van der Waals surface area contributed by atoms with Gasteiger partial charge in [-0.2, -0.15) is 0 Å². The molecular formula is C21H24F3N5. The summed E-state index contributed by atoms with van der Waals surface area (Å²) in [5.41, 5.74) is 0.138. The third-order valence-electron chi connectivity index (χ3n) is 5.37. The Hall–Kier alpha value is -2.77. The maximum atomic E-state index is 14.0. The van der Waals surface area contributed by atoms with Gasteiger partial charge < -0.3 is 15.5 Å². The minimum absolute atomic E-state index is 0.0649. The number of anilines is 1. The fourth-order valence-corrected chi connectivity index (χ4v) is 3.88. The highest BCUT2D eigenvalue weighted by Gasteiger charge is 2.42. The molecule has 1 saturated heterocycles. The molecule has 0 spiro atoms. The van der Waals surface area contributed by atoms with Crippen molar-refractivity contribution in [3.05, 3.63) is 59.5 Å². The van der Waals surface area contributed by atoms with Gasteiger partial charge in [-0.15, -0.1) is 0 Å². The van der Waals surface area contributed by atoms with Crippen molar-refractivity contribution in [2.75, 3.05) is 24.5 Å². The second-order valence-corrected chi connectivity index (χ2v) is 7.44. The van der Waals surface area contributed by atoms with Crippen LogP contribution in [0.25, 0.3) is 0 Å². The first kappa shape index (κ1) is 19.5. The highest BCUT2D eigenvalue weighted by Crippen LogP contribution is 2.43. The summed E-state index contributed by atoms with van der Waals surface area (Å²) in [7, 11) is 0. The second-order valence-electron chi connectivity index (χ2n) is 7.44. The Morgan fingerprint density at radius 3 is 2.62 bits per heavy atom. The lowest BCUT2D eigenvalue weighted by molar-refractivity contribution is 0.553. The van der Waals surface area contributed by atoms with Crippen molar-refractivity contribution in [2.45, 2.75) is 37.8 Å². The van der Waals surface area contributed by atoms with E-state index in [1.54, 1.807) is 12.3 Å². The van der Waals surface area contributed by atoms with E-state index >= 15 is 0 Å². The first-order valence-corrected chi connectivity index (χ1v) is 9.93. The number of hydrogen-bond acceptors (Lipinski definition) is 3. The smallest absolute Gasteiger partial charge is 0.191 e. The summed E-state index contributed by atoms with van der Waals surface area (Å²) >= 11 is 0. The molecule has 1 aliphatic heterocycles. The van der Waals surface area contributed by atoms with E-state index in [1.807, 2.05) is 11.8 Å². The van der Waals surface area contributed by atoms with Crippen LogP contribution in [0.4, 0.5) is 19.0 Å². The number of nitrogens with one attached hydrogen (secondary N) is 2. The molecule has 5 nitrogen and oxygen atoms in total. The zero-order chi connectivity index (χ0) is 20.4. The minimum Gasteiger partial charge on any atom is -0.353 e. The number of guanidine groups is 1. The Kier molecular flexibility index (Phi) is 5.60. The maximum Gasteiger partial charge on any atom is 0.191 e. The largest absolute Gasteiger partial charge is 0.353 e. The molecule has 2 heterocycles. The second kappa shape index (κ2) is 8.31. The van der Waals surface area contributed by atoms with Gasteiger partial charge in [0.2, 0.25) is 0 Å². The molecule has 1 aromatic heterocycles. The Bertz CT molecular complexity index is 883. The molecule has 2 N–H and O–H groups in total. The fourth-order valence-electron chi connectivity index (χ4n) is 3.88. The number of benzene rings is 1. The van der Waals surface area contributed by atoms with Crippen LogP contribution in [0.3, 0.4) is 0 Å². The average Bonchev–Trinajstić information content (AvgIpc) is 3.27. The van der Waals surface area contributed by atoms with Crippen LogP contribution in [-0.4, -0.2) is 42.7 Å². The molecule has 1 saturated carbocycles. The van der Waals surface area contributed by atoms with Crippen molar-refractivity contribution in [1.82, 2.24) is 15.6 Å². The topological polar surface area (TPSA) is 52.6 Å². The molecule has 0 amide bonds. The average molecular weight is 403 g/mol. The van der Waals surface area contributed by atoms with Gasteiger partial charge in [0.15, 0.2) is 17.6 Å². The monoisotopic (exact) mass is 403 g/mol. The molecule has 3 unspecified atom stereocenters. The van der Waals surface area contributed by atoms with Gasteiger partial charge in [-0.3, -0.25) is 4.99 Å².